The molecule has 0 spiro atoms. The van der Waals surface area contributed by atoms with E-state index in [0.29, 0.717) is 0 Å². The predicted octanol–water partition coefficient (Wildman–Crippen LogP) is 1.99. The summed E-state index contributed by atoms with van der Waals surface area (Å²) in [6, 6.07) is 5.97. The third kappa shape index (κ3) is 1.04. The van der Waals surface area contributed by atoms with Crippen LogP contribution in [0.25, 0.3) is 5.65 Å². The Labute approximate surface area is 94.7 Å². The smallest absolute Gasteiger partial charge is 0.136 e. The first kappa shape index (κ1) is 9.85. The SMILES string of the molecule is CC1(C)CC1(CO)c1cnc2ccccn12. The molecule has 0 aromatic carbocycles. The Balaban J connectivity index is 2.20. The van der Waals surface area contributed by atoms with Crippen molar-refractivity contribution in [1.82, 2.24) is 9.38 Å². The number of hydrogen-bond donors (Lipinski definition) is 1. The Bertz CT molecular complexity index is 544. The fraction of sp³-hybridized carbons (Fsp3) is 0.462. The molecule has 2 heterocycles. The second-order valence-electron chi connectivity index (χ2n) is 5.37. The van der Waals surface area contributed by atoms with Gasteiger partial charge in [0.05, 0.1) is 12.3 Å². The first-order chi connectivity index (χ1) is 7.61. The molecule has 1 saturated carbocycles. The minimum atomic E-state index is -0.103. The van der Waals surface area contributed by atoms with Crippen LogP contribution in [0.1, 0.15) is 26.0 Å². The molecule has 1 atom stereocenters. The lowest BCUT2D eigenvalue weighted by atomic mass is 9.93. The number of aliphatic hydroxyl groups excluding tert-OH is 1. The van der Waals surface area contributed by atoms with Crippen molar-refractivity contribution in [3.05, 3.63) is 36.3 Å². The Morgan fingerprint density at radius 1 is 1.44 bits per heavy atom. The molecule has 0 saturated heterocycles. The van der Waals surface area contributed by atoms with Crippen molar-refractivity contribution in [2.45, 2.75) is 25.7 Å². The molecule has 1 fully saturated rings. The second kappa shape index (κ2) is 2.86. The average Bonchev–Trinajstić information content (AvgIpc) is 2.67. The topological polar surface area (TPSA) is 37.5 Å². The summed E-state index contributed by atoms with van der Waals surface area (Å²) in [5, 5.41) is 9.68. The zero-order chi connectivity index (χ0) is 11.4. The van der Waals surface area contributed by atoms with Gasteiger partial charge in [-0.3, -0.25) is 0 Å². The zero-order valence-electron chi connectivity index (χ0n) is 9.64. The van der Waals surface area contributed by atoms with Crippen LogP contribution in [-0.2, 0) is 5.41 Å². The van der Waals surface area contributed by atoms with E-state index in [1.807, 2.05) is 30.6 Å². The van der Waals surface area contributed by atoms with Crippen LogP contribution in [0.4, 0.5) is 0 Å². The van der Waals surface area contributed by atoms with Gasteiger partial charge in [-0.1, -0.05) is 19.9 Å². The van der Waals surface area contributed by atoms with E-state index in [4.69, 9.17) is 0 Å². The molecule has 3 nitrogen and oxygen atoms in total. The molecule has 0 aliphatic heterocycles. The lowest BCUT2D eigenvalue weighted by Gasteiger charge is -2.17. The molecule has 0 bridgehead atoms. The van der Waals surface area contributed by atoms with E-state index in [0.717, 1.165) is 17.8 Å². The van der Waals surface area contributed by atoms with E-state index in [1.165, 1.54) is 0 Å². The quantitative estimate of drug-likeness (QED) is 0.833. The molecule has 0 radical (unpaired) electrons. The lowest BCUT2D eigenvalue weighted by Crippen LogP contribution is -2.21. The van der Waals surface area contributed by atoms with E-state index < -0.39 is 0 Å². The number of imidazole rings is 1. The van der Waals surface area contributed by atoms with Crippen LogP contribution in [-0.4, -0.2) is 21.1 Å². The first-order valence-electron chi connectivity index (χ1n) is 5.64. The van der Waals surface area contributed by atoms with Crippen LogP contribution in [0.5, 0.6) is 0 Å². The predicted molar refractivity (Wildman–Crippen MR) is 62.4 cm³/mol. The van der Waals surface area contributed by atoms with Gasteiger partial charge in [-0.25, -0.2) is 4.98 Å². The molecule has 0 amide bonds. The van der Waals surface area contributed by atoms with Gasteiger partial charge in [0, 0.05) is 17.8 Å². The van der Waals surface area contributed by atoms with Crippen LogP contribution in [0, 0.1) is 5.41 Å². The van der Waals surface area contributed by atoms with Gasteiger partial charge in [-0.2, -0.15) is 0 Å². The lowest BCUT2D eigenvalue weighted by molar-refractivity contribution is 0.228. The number of aromatic nitrogens is 2. The van der Waals surface area contributed by atoms with Gasteiger partial charge in [0.15, 0.2) is 0 Å². The molecule has 84 valence electrons. The molecule has 1 unspecified atom stereocenters. The molecule has 16 heavy (non-hydrogen) atoms. The third-order valence-electron chi connectivity index (χ3n) is 4.09. The Kier molecular flexibility index (Phi) is 1.76. The number of nitrogens with zero attached hydrogens (tertiary/aromatic N) is 2. The van der Waals surface area contributed by atoms with E-state index in [-0.39, 0.29) is 17.4 Å². The molecule has 1 N–H and O–H groups in total. The van der Waals surface area contributed by atoms with Gasteiger partial charge in [-0.15, -0.1) is 0 Å². The van der Waals surface area contributed by atoms with Crippen LogP contribution in [0.15, 0.2) is 30.6 Å². The van der Waals surface area contributed by atoms with Gasteiger partial charge in [0.25, 0.3) is 0 Å². The van der Waals surface area contributed by atoms with Gasteiger partial charge >= 0.3 is 0 Å². The summed E-state index contributed by atoms with van der Waals surface area (Å²) in [7, 11) is 0. The molecule has 3 rings (SSSR count). The molecular formula is C13H16N2O. The largest absolute Gasteiger partial charge is 0.395 e. The summed E-state index contributed by atoms with van der Waals surface area (Å²) in [4.78, 5) is 4.39. The van der Waals surface area contributed by atoms with Gasteiger partial charge in [0.1, 0.15) is 5.65 Å². The van der Waals surface area contributed by atoms with E-state index >= 15 is 0 Å². The molecule has 1 aliphatic carbocycles. The summed E-state index contributed by atoms with van der Waals surface area (Å²) in [6.07, 6.45) is 4.95. The highest BCUT2D eigenvalue weighted by Gasteiger charge is 2.63. The highest BCUT2D eigenvalue weighted by molar-refractivity contribution is 5.45. The van der Waals surface area contributed by atoms with Gasteiger partial charge < -0.3 is 9.51 Å². The normalized spacial score (nSPS) is 27.2. The maximum absolute atomic E-state index is 9.68. The molecule has 2 aromatic heterocycles. The molecule has 2 aromatic rings. The number of aliphatic hydroxyl groups is 1. The highest BCUT2D eigenvalue weighted by Crippen LogP contribution is 2.63. The number of fused-ring (bicyclic) bond motifs is 1. The number of hydrogen-bond acceptors (Lipinski definition) is 2. The Morgan fingerprint density at radius 2 is 2.19 bits per heavy atom. The van der Waals surface area contributed by atoms with E-state index in [1.54, 1.807) is 0 Å². The van der Waals surface area contributed by atoms with Crippen LogP contribution in [0.2, 0.25) is 0 Å². The van der Waals surface area contributed by atoms with Crippen molar-refractivity contribution in [2.24, 2.45) is 5.41 Å². The minimum absolute atomic E-state index is 0.103. The summed E-state index contributed by atoms with van der Waals surface area (Å²) >= 11 is 0. The van der Waals surface area contributed by atoms with Crippen molar-refractivity contribution < 1.29 is 5.11 Å². The highest BCUT2D eigenvalue weighted by atomic mass is 16.3. The van der Waals surface area contributed by atoms with Crippen LogP contribution < -0.4 is 0 Å². The van der Waals surface area contributed by atoms with Crippen molar-refractivity contribution in [2.75, 3.05) is 6.61 Å². The fourth-order valence-electron chi connectivity index (χ4n) is 2.79. The fourth-order valence-corrected chi connectivity index (χ4v) is 2.79. The third-order valence-corrected chi connectivity index (χ3v) is 4.09. The van der Waals surface area contributed by atoms with Crippen molar-refractivity contribution in [3.8, 4) is 0 Å². The Hall–Kier alpha value is -1.35. The van der Waals surface area contributed by atoms with Crippen molar-refractivity contribution in [1.29, 1.82) is 0 Å². The summed E-state index contributed by atoms with van der Waals surface area (Å²) in [5.41, 5.74) is 2.16. The molecule has 3 heteroatoms. The first-order valence-corrected chi connectivity index (χ1v) is 5.64. The van der Waals surface area contributed by atoms with Crippen LogP contribution in [0.3, 0.4) is 0 Å². The summed E-state index contributed by atoms with van der Waals surface area (Å²) in [6.45, 7) is 4.60. The van der Waals surface area contributed by atoms with E-state index in [2.05, 4.69) is 23.2 Å². The van der Waals surface area contributed by atoms with Gasteiger partial charge in [-0.05, 0) is 24.0 Å². The van der Waals surface area contributed by atoms with Crippen LogP contribution >= 0.6 is 0 Å². The monoisotopic (exact) mass is 216 g/mol. The standard InChI is InChI=1S/C13H16N2O/c1-12(2)8-13(12,9-16)10-7-14-11-5-3-4-6-15(10)11/h3-7,16H,8-9H2,1-2H3. The van der Waals surface area contributed by atoms with Gasteiger partial charge in [0.2, 0.25) is 0 Å². The van der Waals surface area contributed by atoms with Crippen molar-refractivity contribution in [3.63, 3.8) is 0 Å². The Morgan fingerprint density at radius 3 is 2.81 bits per heavy atom. The summed E-state index contributed by atoms with van der Waals surface area (Å²) in [5.74, 6) is 0. The number of rotatable bonds is 2. The minimum Gasteiger partial charge on any atom is -0.395 e. The molecule has 1 aliphatic rings. The van der Waals surface area contributed by atoms with E-state index in [9.17, 15) is 5.11 Å². The second-order valence-corrected chi connectivity index (χ2v) is 5.37. The average molecular weight is 216 g/mol. The van der Waals surface area contributed by atoms with Crippen molar-refractivity contribution >= 4 is 5.65 Å². The zero-order valence-corrected chi connectivity index (χ0v) is 9.64. The number of pyridine rings is 1. The summed E-state index contributed by atoms with van der Waals surface area (Å²) < 4.78 is 2.09. The molecular weight excluding hydrogens is 200 g/mol. The maximum atomic E-state index is 9.68. The maximum Gasteiger partial charge on any atom is 0.136 e.